The molecule has 0 spiro atoms. The standard InChI is InChI=1S/C29H27BrN2O5/c1-4-13-36-23-10-8-22(9-11-23)32-28(34)24(27(33)31-29(32)35)15-20-7-12-26(25(30)16-20)37-17-21-6-5-18(2)19(3)14-21/h5-12,14-16H,4,13,17H2,1-3H3,(H,31,33,35)/b24-15-. The van der Waals surface area contributed by atoms with E-state index in [1.54, 1.807) is 42.5 Å². The molecule has 7 nitrogen and oxygen atoms in total. The third-order valence-corrected chi connectivity index (χ3v) is 6.52. The molecule has 0 aliphatic carbocycles. The maximum atomic E-state index is 13.2. The van der Waals surface area contributed by atoms with Crippen LogP contribution in [0.2, 0.25) is 0 Å². The van der Waals surface area contributed by atoms with Crippen molar-refractivity contribution in [3.63, 3.8) is 0 Å². The van der Waals surface area contributed by atoms with Crippen LogP contribution in [0.1, 0.15) is 35.6 Å². The minimum absolute atomic E-state index is 0.151. The monoisotopic (exact) mass is 562 g/mol. The van der Waals surface area contributed by atoms with E-state index in [0.29, 0.717) is 40.4 Å². The van der Waals surface area contributed by atoms with Gasteiger partial charge in [0.15, 0.2) is 0 Å². The predicted molar refractivity (Wildman–Crippen MR) is 146 cm³/mol. The number of anilines is 1. The van der Waals surface area contributed by atoms with E-state index in [9.17, 15) is 14.4 Å². The largest absolute Gasteiger partial charge is 0.494 e. The molecule has 1 fully saturated rings. The van der Waals surface area contributed by atoms with E-state index in [1.807, 2.05) is 13.0 Å². The molecule has 4 rings (SSSR count). The van der Waals surface area contributed by atoms with Gasteiger partial charge in [0.05, 0.1) is 16.8 Å². The molecule has 4 amide bonds. The Morgan fingerprint density at radius 3 is 2.35 bits per heavy atom. The van der Waals surface area contributed by atoms with Crippen molar-refractivity contribution < 1.29 is 23.9 Å². The zero-order chi connectivity index (χ0) is 26.5. The number of carbonyl (C=O) groups excluding carboxylic acids is 3. The number of hydrogen-bond donors (Lipinski definition) is 1. The van der Waals surface area contributed by atoms with Gasteiger partial charge in [0.25, 0.3) is 11.8 Å². The molecule has 8 heteroatoms. The van der Waals surface area contributed by atoms with Crippen LogP contribution in [0, 0.1) is 13.8 Å². The first-order chi connectivity index (χ1) is 17.8. The van der Waals surface area contributed by atoms with E-state index in [1.165, 1.54) is 17.2 Å². The summed E-state index contributed by atoms with van der Waals surface area (Å²) < 4.78 is 12.2. The van der Waals surface area contributed by atoms with Crippen molar-refractivity contribution in [3.8, 4) is 11.5 Å². The first-order valence-corrected chi connectivity index (χ1v) is 12.7. The lowest BCUT2D eigenvalue weighted by atomic mass is 10.1. The molecule has 1 heterocycles. The topological polar surface area (TPSA) is 84.9 Å². The Bertz CT molecular complexity index is 1380. The van der Waals surface area contributed by atoms with Crippen LogP contribution < -0.4 is 19.7 Å². The maximum absolute atomic E-state index is 13.2. The van der Waals surface area contributed by atoms with Crippen molar-refractivity contribution in [1.82, 2.24) is 5.32 Å². The van der Waals surface area contributed by atoms with Crippen LogP contribution in [0.4, 0.5) is 10.5 Å². The first kappa shape index (κ1) is 26.2. The molecule has 0 unspecified atom stereocenters. The molecule has 1 aliphatic heterocycles. The van der Waals surface area contributed by atoms with Crippen LogP contribution in [0.15, 0.2) is 70.7 Å². The van der Waals surface area contributed by atoms with Crippen molar-refractivity contribution in [2.24, 2.45) is 0 Å². The average Bonchev–Trinajstić information content (AvgIpc) is 2.87. The average molecular weight is 563 g/mol. The van der Waals surface area contributed by atoms with Gasteiger partial charge in [-0.05, 0) is 101 Å². The van der Waals surface area contributed by atoms with Gasteiger partial charge in [-0.1, -0.05) is 31.2 Å². The van der Waals surface area contributed by atoms with Gasteiger partial charge in [0.1, 0.15) is 23.7 Å². The Morgan fingerprint density at radius 2 is 1.68 bits per heavy atom. The Hall–Kier alpha value is -3.91. The Morgan fingerprint density at radius 1 is 0.919 bits per heavy atom. The van der Waals surface area contributed by atoms with Crippen LogP contribution in [-0.2, 0) is 16.2 Å². The molecule has 0 saturated carbocycles. The minimum Gasteiger partial charge on any atom is -0.494 e. The van der Waals surface area contributed by atoms with E-state index in [-0.39, 0.29) is 5.57 Å². The lowest BCUT2D eigenvalue weighted by molar-refractivity contribution is -0.122. The fourth-order valence-corrected chi connectivity index (χ4v) is 4.26. The van der Waals surface area contributed by atoms with Crippen molar-refractivity contribution in [1.29, 1.82) is 0 Å². The molecular formula is C29H27BrN2O5. The summed E-state index contributed by atoms with van der Waals surface area (Å²) in [5.41, 5.74) is 4.26. The van der Waals surface area contributed by atoms with E-state index < -0.39 is 17.8 Å². The Kier molecular flexibility index (Phi) is 8.08. The van der Waals surface area contributed by atoms with Crippen LogP contribution in [0.25, 0.3) is 6.08 Å². The summed E-state index contributed by atoms with van der Waals surface area (Å²) in [4.78, 5) is 39.1. The highest BCUT2D eigenvalue weighted by molar-refractivity contribution is 9.10. The predicted octanol–water partition coefficient (Wildman–Crippen LogP) is 6.10. The minimum atomic E-state index is -0.800. The summed E-state index contributed by atoms with van der Waals surface area (Å²) in [6.07, 6.45) is 2.31. The fraction of sp³-hybridized carbons (Fsp3) is 0.207. The molecule has 3 aromatic rings. The molecule has 190 valence electrons. The molecule has 0 aromatic heterocycles. The smallest absolute Gasteiger partial charge is 0.335 e. The van der Waals surface area contributed by atoms with Gasteiger partial charge < -0.3 is 9.47 Å². The highest BCUT2D eigenvalue weighted by Crippen LogP contribution is 2.29. The first-order valence-electron chi connectivity index (χ1n) is 11.9. The van der Waals surface area contributed by atoms with Gasteiger partial charge in [-0.15, -0.1) is 0 Å². The summed E-state index contributed by atoms with van der Waals surface area (Å²) in [6, 6.07) is 17.2. The lowest BCUT2D eigenvalue weighted by Crippen LogP contribution is -2.54. The zero-order valence-electron chi connectivity index (χ0n) is 20.8. The number of rotatable bonds is 8. The third-order valence-electron chi connectivity index (χ3n) is 5.90. The van der Waals surface area contributed by atoms with Crippen molar-refractivity contribution in [2.75, 3.05) is 11.5 Å². The number of hydrogen-bond acceptors (Lipinski definition) is 5. The number of imide groups is 2. The lowest BCUT2D eigenvalue weighted by Gasteiger charge is -2.26. The van der Waals surface area contributed by atoms with Gasteiger partial charge in [0.2, 0.25) is 0 Å². The summed E-state index contributed by atoms with van der Waals surface area (Å²) in [5, 5.41) is 2.24. The SMILES string of the molecule is CCCOc1ccc(N2C(=O)NC(=O)/C(=C/c3ccc(OCc4ccc(C)c(C)c4)c(Br)c3)C2=O)cc1. The second-order valence-corrected chi connectivity index (χ2v) is 9.55. The molecular weight excluding hydrogens is 536 g/mol. The maximum Gasteiger partial charge on any atom is 0.335 e. The number of ether oxygens (including phenoxy) is 2. The van der Waals surface area contributed by atoms with Crippen molar-refractivity contribution in [2.45, 2.75) is 33.8 Å². The van der Waals surface area contributed by atoms with E-state index in [0.717, 1.165) is 16.9 Å². The molecule has 0 radical (unpaired) electrons. The normalized spacial score (nSPS) is 14.6. The van der Waals surface area contributed by atoms with E-state index in [4.69, 9.17) is 9.47 Å². The molecule has 0 atom stereocenters. The number of carbonyl (C=O) groups is 3. The summed E-state index contributed by atoms with van der Waals surface area (Å²) in [5.74, 6) is -0.198. The highest BCUT2D eigenvalue weighted by atomic mass is 79.9. The number of benzene rings is 3. The second kappa shape index (κ2) is 11.4. The van der Waals surface area contributed by atoms with Gasteiger partial charge in [0, 0.05) is 0 Å². The molecule has 37 heavy (non-hydrogen) atoms. The third kappa shape index (κ3) is 6.09. The summed E-state index contributed by atoms with van der Waals surface area (Å²) in [7, 11) is 0. The molecule has 3 aromatic carbocycles. The number of nitrogens with one attached hydrogen (secondary N) is 1. The zero-order valence-corrected chi connectivity index (χ0v) is 22.4. The molecule has 0 bridgehead atoms. The van der Waals surface area contributed by atoms with Crippen LogP contribution in [0.3, 0.4) is 0 Å². The number of barbiturate groups is 1. The van der Waals surface area contributed by atoms with E-state index >= 15 is 0 Å². The Balaban J connectivity index is 1.52. The number of nitrogens with zero attached hydrogens (tertiary/aromatic N) is 1. The van der Waals surface area contributed by atoms with Crippen LogP contribution in [0.5, 0.6) is 11.5 Å². The Labute approximate surface area is 224 Å². The van der Waals surface area contributed by atoms with Gasteiger partial charge in [-0.3, -0.25) is 14.9 Å². The number of halogens is 1. The highest BCUT2D eigenvalue weighted by Gasteiger charge is 2.36. The van der Waals surface area contributed by atoms with Crippen molar-refractivity contribution >= 4 is 45.5 Å². The summed E-state index contributed by atoms with van der Waals surface area (Å²) in [6.45, 7) is 7.09. The number of aryl methyl sites for hydroxylation is 2. The summed E-state index contributed by atoms with van der Waals surface area (Å²) >= 11 is 3.51. The van der Waals surface area contributed by atoms with Gasteiger partial charge in [-0.2, -0.15) is 0 Å². The molecule has 1 aliphatic rings. The number of amides is 4. The van der Waals surface area contributed by atoms with Crippen molar-refractivity contribution in [3.05, 3.63) is 93.0 Å². The van der Waals surface area contributed by atoms with Gasteiger partial charge in [-0.25, -0.2) is 9.69 Å². The number of urea groups is 1. The molecule has 1 N–H and O–H groups in total. The van der Waals surface area contributed by atoms with Crippen LogP contribution >= 0.6 is 15.9 Å². The molecule has 1 saturated heterocycles. The fourth-order valence-electron chi connectivity index (χ4n) is 3.75. The van der Waals surface area contributed by atoms with Gasteiger partial charge >= 0.3 is 6.03 Å². The van der Waals surface area contributed by atoms with Crippen LogP contribution in [-0.4, -0.2) is 24.5 Å². The quantitative estimate of drug-likeness (QED) is 0.265. The second-order valence-electron chi connectivity index (χ2n) is 8.70. The van der Waals surface area contributed by atoms with E-state index in [2.05, 4.69) is 47.2 Å².